The molecule has 7 heteroatoms. The van der Waals surface area contributed by atoms with Crippen LogP contribution in [0.3, 0.4) is 0 Å². The molecule has 0 spiro atoms. The molecule has 8 aromatic carbocycles. The van der Waals surface area contributed by atoms with Crippen molar-refractivity contribution < 1.29 is 4.42 Å². The molecule has 0 amide bonds. The Labute approximate surface area is 383 Å². The second kappa shape index (κ2) is 14.5. The molecule has 0 aliphatic rings. The Morgan fingerprint density at radius 1 is 0.400 bits per heavy atom. The third kappa shape index (κ3) is 6.18. The lowest BCUT2D eigenvalue weighted by atomic mass is 9.98. The lowest BCUT2D eigenvalue weighted by Gasteiger charge is -2.27. The maximum Gasteiger partial charge on any atom is 0.136 e. The summed E-state index contributed by atoms with van der Waals surface area (Å²) in [6.07, 6.45) is 5.73. The van der Waals surface area contributed by atoms with Crippen LogP contribution in [0.15, 0.2) is 175 Å². The van der Waals surface area contributed by atoms with Gasteiger partial charge in [-0.3, -0.25) is 4.98 Å². The molecule has 0 aliphatic heterocycles. The largest absolute Gasteiger partial charge is 0.456 e. The fourth-order valence-corrected chi connectivity index (χ4v) is 12.4. The van der Waals surface area contributed by atoms with E-state index in [9.17, 15) is 0 Å². The van der Waals surface area contributed by atoms with Gasteiger partial charge in [-0.05, 0) is 175 Å². The Kier molecular flexibility index (Phi) is 8.45. The molecule has 0 aliphatic carbocycles. The molecular formula is C58H40N4OS2. The topological polar surface area (TPSA) is 45.4 Å². The van der Waals surface area contributed by atoms with E-state index in [1.807, 2.05) is 24.7 Å². The van der Waals surface area contributed by atoms with Crippen molar-refractivity contribution in [3.63, 3.8) is 0 Å². The van der Waals surface area contributed by atoms with Gasteiger partial charge in [-0.1, -0.05) is 48.5 Å². The molecule has 0 atom stereocenters. The fraction of sp³-hybridized carbons (Fsp3) is 0.0690. The van der Waals surface area contributed by atoms with E-state index >= 15 is 0 Å². The Morgan fingerprint density at radius 3 is 1.46 bits per heavy atom. The van der Waals surface area contributed by atoms with Crippen LogP contribution >= 0.6 is 22.7 Å². The van der Waals surface area contributed by atoms with Crippen molar-refractivity contribution in [3.8, 4) is 0 Å². The molecule has 0 saturated carbocycles. The smallest absolute Gasteiger partial charge is 0.136 e. The number of nitrogens with zero attached hydrogens (tertiary/aromatic N) is 4. The molecule has 13 aromatic rings. The number of hydrogen-bond donors (Lipinski definition) is 0. The Bertz CT molecular complexity index is 3800. The summed E-state index contributed by atoms with van der Waals surface area (Å²) in [5.41, 5.74) is 13.4. The molecule has 13 rings (SSSR count). The van der Waals surface area contributed by atoms with Gasteiger partial charge < -0.3 is 14.2 Å². The van der Waals surface area contributed by atoms with Gasteiger partial charge >= 0.3 is 0 Å². The van der Waals surface area contributed by atoms with Crippen LogP contribution in [-0.2, 0) is 0 Å². The average Bonchev–Trinajstić information content (AvgIpc) is 3.99. The highest BCUT2D eigenvalue weighted by molar-refractivity contribution is 7.26. The van der Waals surface area contributed by atoms with Crippen molar-refractivity contribution in [2.24, 2.45) is 0 Å². The van der Waals surface area contributed by atoms with Gasteiger partial charge in [0.25, 0.3) is 0 Å². The van der Waals surface area contributed by atoms with Gasteiger partial charge in [0, 0.05) is 94.4 Å². The zero-order valence-electron chi connectivity index (χ0n) is 36.2. The minimum Gasteiger partial charge on any atom is -0.456 e. The van der Waals surface area contributed by atoms with Crippen molar-refractivity contribution in [2.75, 3.05) is 9.80 Å². The van der Waals surface area contributed by atoms with Crippen LogP contribution in [0.1, 0.15) is 22.3 Å². The summed E-state index contributed by atoms with van der Waals surface area (Å²) in [6, 6.07) is 56.0. The van der Waals surface area contributed by atoms with Crippen LogP contribution in [-0.4, -0.2) is 9.97 Å². The number of furan rings is 1. The molecule has 0 radical (unpaired) electrons. The number of aromatic nitrogens is 2. The average molecular weight is 873 g/mol. The van der Waals surface area contributed by atoms with Gasteiger partial charge in [0.05, 0.1) is 4.70 Å². The standard InChI is InChI=1S/C58H40N4OS2/c1-33-22-34(2)25-43(24-33)61(41-11-15-47-49-19-21-59-32-55(49)64-53(47)30-41)39-9-13-45-37(28-39)7-17-51-56(45)57-46-14-10-40(29-38(46)8-18-52(57)63-51)62(44-26-35(3)23-36(4)27-44)42-12-16-48-50-6-5-20-60-58(50)65-54(48)31-42/h5-32H,1-4H3. The predicted octanol–water partition coefficient (Wildman–Crippen LogP) is 17.6. The Morgan fingerprint density at radius 2 is 0.892 bits per heavy atom. The first kappa shape index (κ1) is 37.9. The van der Waals surface area contributed by atoms with E-state index in [4.69, 9.17) is 4.42 Å². The molecule has 65 heavy (non-hydrogen) atoms. The number of benzene rings is 8. The molecule has 5 heterocycles. The lowest BCUT2D eigenvalue weighted by Crippen LogP contribution is -2.10. The molecular weight excluding hydrogens is 833 g/mol. The Balaban J connectivity index is 0.964. The minimum atomic E-state index is 0.885. The summed E-state index contributed by atoms with van der Waals surface area (Å²) in [4.78, 5) is 14.9. The maximum absolute atomic E-state index is 6.66. The lowest BCUT2D eigenvalue weighted by molar-refractivity contribution is 0.669. The van der Waals surface area contributed by atoms with E-state index in [1.54, 1.807) is 22.7 Å². The summed E-state index contributed by atoms with van der Waals surface area (Å²) in [5, 5.41) is 11.8. The van der Waals surface area contributed by atoms with Crippen molar-refractivity contribution in [3.05, 3.63) is 193 Å². The molecule has 0 bridgehead atoms. The Hall–Kier alpha value is -7.58. The first-order valence-corrected chi connectivity index (χ1v) is 23.6. The highest BCUT2D eigenvalue weighted by atomic mass is 32.1. The van der Waals surface area contributed by atoms with Gasteiger partial charge in [-0.2, -0.15) is 0 Å². The molecule has 0 saturated heterocycles. The predicted molar refractivity (Wildman–Crippen MR) is 278 cm³/mol. The van der Waals surface area contributed by atoms with Crippen molar-refractivity contribution in [1.82, 2.24) is 9.97 Å². The van der Waals surface area contributed by atoms with E-state index in [0.29, 0.717) is 0 Å². The molecule has 5 aromatic heterocycles. The van der Waals surface area contributed by atoms with E-state index in [-0.39, 0.29) is 0 Å². The number of thiophene rings is 2. The van der Waals surface area contributed by atoms with E-state index in [0.717, 1.165) is 82.4 Å². The summed E-state index contributed by atoms with van der Waals surface area (Å²) < 4.78 is 10.3. The normalized spacial score (nSPS) is 12.0. The van der Waals surface area contributed by atoms with Crippen LogP contribution in [0.2, 0.25) is 0 Å². The van der Waals surface area contributed by atoms with Crippen LogP contribution in [0.5, 0.6) is 0 Å². The second-order valence-electron chi connectivity index (χ2n) is 17.4. The number of fused-ring (bicyclic) bond motifs is 13. The second-order valence-corrected chi connectivity index (χ2v) is 19.6. The van der Waals surface area contributed by atoms with Gasteiger partial charge in [-0.15, -0.1) is 22.7 Å². The number of hydrogen-bond acceptors (Lipinski definition) is 7. The highest BCUT2D eigenvalue weighted by Gasteiger charge is 2.21. The summed E-state index contributed by atoms with van der Waals surface area (Å²) in [7, 11) is 0. The van der Waals surface area contributed by atoms with E-state index in [2.05, 4.69) is 193 Å². The zero-order valence-corrected chi connectivity index (χ0v) is 37.8. The minimum absolute atomic E-state index is 0.885. The van der Waals surface area contributed by atoms with Crippen molar-refractivity contribution in [2.45, 2.75) is 27.7 Å². The number of aryl methyl sites for hydroxylation is 4. The summed E-state index contributed by atoms with van der Waals surface area (Å²) >= 11 is 3.54. The number of rotatable bonds is 6. The number of pyridine rings is 2. The summed E-state index contributed by atoms with van der Waals surface area (Å²) in [6.45, 7) is 8.70. The third-order valence-electron chi connectivity index (χ3n) is 12.9. The summed E-state index contributed by atoms with van der Waals surface area (Å²) in [5.74, 6) is 0. The van der Waals surface area contributed by atoms with E-state index < -0.39 is 0 Å². The van der Waals surface area contributed by atoms with Crippen LogP contribution in [0.25, 0.3) is 84.0 Å². The SMILES string of the molecule is Cc1cc(C)cc(N(c2ccc3c(ccc4oc5ccc6cc(N(c7cc(C)cc(C)c7)c7ccc8c(c7)sc7ncccc78)ccc6c5c43)c2)c2ccc3c(c2)sc2cnccc23)c1. The van der Waals surface area contributed by atoms with Gasteiger partial charge in [0.1, 0.15) is 16.0 Å². The van der Waals surface area contributed by atoms with Crippen molar-refractivity contribution in [1.29, 1.82) is 0 Å². The fourth-order valence-electron chi connectivity index (χ4n) is 10.2. The quantitative estimate of drug-likeness (QED) is 0.167. The van der Waals surface area contributed by atoms with Gasteiger partial charge in [-0.25, -0.2) is 4.98 Å². The van der Waals surface area contributed by atoms with Gasteiger partial charge in [0.15, 0.2) is 0 Å². The van der Waals surface area contributed by atoms with Crippen LogP contribution < -0.4 is 9.80 Å². The van der Waals surface area contributed by atoms with Crippen molar-refractivity contribution >= 4 is 141 Å². The zero-order chi connectivity index (χ0) is 43.5. The number of anilines is 6. The molecule has 0 unspecified atom stereocenters. The van der Waals surface area contributed by atoms with Crippen LogP contribution in [0, 0.1) is 27.7 Å². The first-order chi connectivity index (χ1) is 31.8. The monoisotopic (exact) mass is 872 g/mol. The van der Waals surface area contributed by atoms with Crippen LogP contribution in [0.4, 0.5) is 34.1 Å². The molecule has 0 N–H and O–H groups in total. The highest BCUT2D eigenvalue weighted by Crippen LogP contribution is 2.46. The first-order valence-electron chi connectivity index (χ1n) is 21.9. The van der Waals surface area contributed by atoms with Gasteiger partial charge in [0.2, 0.25) is 0 Å². The molecule has 0 fully saturated rings. The molecule has 5 nitrogen and oxygen atoms in total. The van der Waals surface area contributed by atoms with E-state index in [1.165, 1.54) is 57.9 Å². The third-order valence-corrected chi connectivity index (χ3v) is 15.0. The maximum atomic E-state index is 6.66. The molecule has 310 valence electrons.